The number of phenols is 1. The number of phenolic OH excluding ortho intramolecular Hbond substituents is 1. The molecule has 1 aromatic carbocycles. The summed E-state index contributed by atoms with van der Waals surface area (Å²) in [6.45, 7) is 0. The highest BCUT2D eigenvalue weighted by Crippen LogP contribution is 2.21. The second-order valence-corrected chi connectivity index (χ2v) is 3.62. The molecule has 2 rings (SSSR count). The number of aromatic hydroxyl groups is 1. The van der Waals surface area contributed by atoms with Crippen LogP contribution in [0.4, 0.5) is 4.39 Å². The molecule has 0 atom stereocenters. The molecular formula is C14H10FNO2. The number of halogens is 1. The maximum atomic E-state index is 13.0. The van der Waals surface area contributed by atoms with Crippen LogP contribution in [0.1, 0.15) is 15.9 Å². The van der Waals surface area contributed by atoms with E-state index >= 15 is 0 Å². The second-order valence-electron chi connectivity index (χ2n) is 3.62. The fourth-order valence-corrected chi connectivity index (χ4v) is 1.44. The molecule has 0 aliphatic heterocycles. The molecule has 0 saturated carbocycles. The maximum Gasteiger partial charge on any atom is 0.187 e. The Morgan fingerprint density at radius 1 is 1.28 bits per heavy atom. The minimum atomic E-state index is -0.717. The van der Waals surface area contributed by atoms with Crippen molar-refractivity contribution in [2.75, 3.05) is 0 Å². The zero-order valence-corrected chi connectivity index (χ0v) is 9.38. The van der Waals surface area contributed by atoms with Crippen LogP contribution in [0.3, 0.4) is 0 Å². The Balaban J connectivity index is 2.22. The van der Waals surface area contributed by atoms with E-state index in [1.807, 2.05) is 0 Å². The smallest absolute Gasteiger partial charge is 0.187 e. The van der Waals surface area contributed by atoms with Crippen LogP contribution in [0, 0.1) is 5.82 Å². The summed E-state index contributed by atoms with van der Waals surface area (Å²) in [7, 11) is 0. The van der Waals surface area contributed by atoms with Crippen LogP contribution in [0.15, 0.2) is 48.8 Å². The Hall–Kier alpha value is -2.49. The van der Waals surface area contributed by atoms with Gasteiger partial charge in [0.25, 0.3) is 0 Å². The number of carbonyl (C=O) groups is 1. The number of benzene rings is 1. The third kappa shape index (κ3) is 2.60. The molecule has 1 N–H and O–H groups in total. The summed E-state index contributed by atoms with van der Waals surface area (Å²) >= 11 is 0. The van der Waals surface area contributed by atoms with Gasteiger partial charge in [-0.3, -0.25) is 9.78 Å². The molecule has 1 aromatic heterocycles. The van der Waals surface area contributed by atoms with E-state index in [1.54, 1.807) is 18.3 Å². The first-order valence-corrected chi connectivity index (χ1v) is 5.28. The average Bonchev–Trinajstić information content (AvgIpc) is 2.41. The Morgan fingerprint density at radius 3 is 2.83 bits per heavy atom. The molecule has 90 valence electrons. The fraction of sp³-hybridized carbons (Fsp3) is 0. The quantitative estimate of drug-likeness (QED) is 0.666. The second kappa shape index (κ2) is 5.23. The van der Waals surface area contributed by atoms with Crippen molar-refractivity contribution in [2.24, 2.45) is 0 Å². The lowest BCUT2D eigenvalue weighted by Gasteiger charge is -1.99. The van der Waals surface area contributed by atoms with Crippen LogP contribution >= 0.6 is 0 Å². The molecule has 0 saturated heterocycles. The van der Waals surface area contributed by atoms with Crippen molar-refractivity contribution >= 4 is 11.9 Å². The number of aromatic nitrogens is 1. The number of carbonyl (C=O) groups excluding carboxylic acids is 1. The third-order valence-electron chi connectivity index (χ3n) is 2.38. The van der Waals surface area contributed by atoms with E-state index in [9.17, 15) is 14.3 Å². The van der Waals surface area contributed by atoms with Crippen molar-refractivity contribution in [3.63, 3.8) is 0 Å². The van der Waals surface area contributed by atoms with Crippen molar-refractivity contribution < 1.29 is 14.3 Å². The Labute approximate surface area is 103 Å². The largest absolute Gasteiger partial charge is 0.504 e. The molecule has 4 heteroatoms. The lowest BCUT2D eigenvalue weighted by atomic mass is 10.1. The van der Waals surface area contributed by atoms with Gasteiger partial charge in [-0.1, -0.05) is 12.1 Å². The molecule has 0 unspecified atom stereocenters. The summed E-state index contributed by atoms with van der Waals surface area (Å²) in [6.07, 6.45) is 5.65. The summed E-state index contributed by atoms with van der Waals surface area (Å²) in [4.78, 5) is 15.5. The molecule has 0 fully saturated rings. The van der Waals surface area contributed by atoms with Crippen LogP contribution in [-0.4, -0.2) is 15.9 Å². The molecule has 0 aliphatic carbocycles. The van der Waals surface area contributed by atoms with Gasteiger partial charge in [0.05, 0.1) is 0 Å². The molecule has 2 aromatic rings. The summed E-state index contributed by atoms with van der Waals surface area (Å²) in [5.74, 6) is -1.44. The number of nitrogens with zero attached hydrogens (tertiary/aromatic N) is 1. The maximum absolute atomic E-state index is 13.0. The van der Waals surface area contributed by atoms with Gasteiger partial charge in [-0.15, -0.1) is 0 Å². The topological polar surface area (TPSA) is 50.2 Å². The van der Waals surface area contributed by atoms with Gasteiger partial charge >= 0.3 is 0 Å². The van der Waals surface area contributed by atoms with Gasteiger partial charge in [0.1, 0.15) is 0 Å². The van der Waals surface area contributed by atoms with Crippen LogP contribution in [0.2, 0.25) is 0 Å². The minimum Gasteiger partial charge on any atom is -0.504 e. The molecule has 0 spiro atoms. The zero-order chi connectivity index (χ0) is 13.0. The fourth-order valence-electron chi connectivity index (χ4n) is 1.44. The lowest BCUT2D eigenvalue weighted by molar-refractivity contribution is 0.104. The standard InChI is InChI=1S/C14H10FNO2/c15-12-5-1-3-10(14(12)18)6-7-13(17)11-4-2-8-16-9-11/h1-9,18H. The first kappa shape index (κ1) is 12.0. The van der Waals surface area contributed by atoms with Crippen LogP contribution in [-0.2, 0) is 0 Å². The number of hydrogen-bond acceptors (Lipinski definition) is 3. The summed E-state index contributed by atoms with van der Waals surface area (Å²) in [6, 6.07) is 7.41. The van der Waals surface area contributed by atoms with Gasteiger partial charge < -0.3 is 5.11 Å². The molecule has 3 nitrogen and oxygen atoms in total. The molecule has 0 radical (unpaired) electrons. The minimum absolute atomic E-state index is 0.257. The van der Waals surface area contributed by atoms with Crippen LogP contribution in [0.25, 0.3) is 6.08 Å². The zero-order valence-electron chi connectivity index (χ0n) is 9.38. The molecule has 0 amide bonds. The predicted octanol–water partition coefficient (Wildman–Crippen LogP) is 2.82. The molecule has 0 aliphatic rings. The normalized spacial score (nSPS) is 10.7. The summed E-state index contributed by atoms with van der Waals surface area (Å²) < 4.78 is 13.0. The van der Waals surface area contributed by atoms with Gasteiger partial charge in [-0.05, 0) is 30.4 Å². The monoisotopic (exact) mass is 243 g/mol. The van der Waals surface area contributed by atoms with Gasteiger partial charge in [0.2, 0.25) is 0 Å². The number of hydrogen-bond donors (Lipinski definition) is 1. The third-order valence-corrected chi connectivity index (χ3v) is 2.38. The lowest BCUT2D eigenvalue weighted by Crippen LogP contribution is -1.94. The SMILES string of the molecule is O=C(C=Cc1cccc(F)c1O)c1cccnc1. The van der Waals surface area contributed by atoms with Gasteiger partial charge in [-0.25, -0.2) is 4.39 Å². The van der Waals surface area contributed by atoms with E-state index in [-0.39, 0.29) is 11.3 Å². The Morgan fingerprint density at radius 2 is 2.11 bits per heavy atom. The molecule has 0 bridgehead atoms. The molecule has 18 heavy (non-hydrogen) atoms. The molecule has 1 heterocycles. The van der Waals surface area contributed by atoms with Crippen molar-refractivity contribution in [3.05, 3.63) is 65.7 Å². The van der Waals surface area contributed by atoms with Gasteiger partial charge in [-0.2, -0.15) is 0 Å². The van der Waals surface area contributed by atoms with E-state index in [0.29, 0.717) is 5.56 Å². The van der Waals surface area contributed by atoms with Crippen molar-refractivity contribution in [3.8, 4) is 5.75 Å². The van der Waals surface area contributed by atoms with E-state index in [0.717, 1.165) is 6.07 Å². The van der Waals surface area contributed by atoms with E-state index < -0.39 is 11.6 Å². The number of para-hydroxylation sites is 1. The van der Waals surface area contributed by atoms with Crippen LogP contribution < -0.4 is 0 Å². The first-order valence-electron chi connectivity index (χ1n) is 5.28. The molecular weight excluding hydrogens is 233 g/mol. The van der Waals surface area contributed by atoms with Crippen molar-refractivity contribution in [1.82, 2.24) is 4.98 Å². The van der Waals surface area contributed by atoms with Gasteiger partial charge in [0.15, 0.2) is 17.3 Å². The first-order chi connectivity index (χ1) is 8.68. The summed E-state index contributed by atoms with van der Waals surface area (Å²) in [5.41, 5.74) is 0.692. The Kier molecular flexibility index (Phi) is 3.48. The van der Waals surface area contributed by atoms with Crippen molar-refractivity contribution in [1.29, 1.82) is 0 Å². The summed E-state index contributed by atoms with van der Waals surface area (Å²) in [5, 5.41) is 9.43. The van der Waals surface area contributed by atoms with E-state index in [4.69, 9.17) is 0 Å². The number of allylic oxidation sites excluding steroid dienone is 1. The number of pyridine rings is 1. The number of rotatable bonds is 3. The number of ketones is 1. The van der Waals surface area contributed by atoms with E-state index in [2.05, 4.69) is 4.98 Å². The Bertz CT molecular complexity index is 594. The highest BCUT2D eigenvalue weighted by molar-refractivity contribution is 6.06. The average molecular weight is 243 g/mol. The van der Waals surface area contributed by atoms with Gasteiger partial charge in [0, 0.05) is 23.5 Å². The predicted molar refractivity (Wildman–Crippen MR) is 65.7 cm³/mol. The highest BCUT2D eigenvalue weighted by Gasteiger charge is 2.05. The van der Waals surface area contributed by atoms with Crippen LogP contribution in [0.5, 0.6) is 5.75 Å². The highest BCUT2D eigenvalue weighted by atomic mass is 19.1. The van der Waals surface area contributed by atoms with E-state index in [1.165, 1.54) is 30.5 Å². The van der Waals surface area contributed by atoms with Crippen molar-refractivity contribution in [2.45, 2.75) is 0 Å².